The van der Waals surface area contributed by atoms with E-state index in [-0.39, 0.29) is 65.9 Å². The van der Waals surface area contributed by atoms with Gasteiger partial charge in [-0.2, -0.15) is 18.4 Å². The minimum atomic E-state index is -4.86. The molecule has 3 aromatic rings. The van der Waals surface area contributed by atoms with Gasteiger partial charge in [0.1, 0.15) is 30.0 Å². The number of alkyl halides is 3. The first-order valence-electron chi connectivity index (χ1n) is 19.3. The fraction of sp³-hybridized carbons (Fsp3) is 0.439. The van der Waals surface area contributed by atoms with Crippen LogP contribution in [0.25, 0.3) is 0 Å². The van der Waals surface area contributed by atoms with E-state index in [1.54, 1.807) is 55.1 Å². The van der Waals surface area contributed by atoms with Crippen molar-refractivity contribution in [3.05, 3.63) is 71.5 Å². The Hall–Kier alpha value is -5.35. The summed E-state index contributed by atoms with van der Waals surface area (Å²) in [5.41, 5.74) is -0.830. The van der Waals surface area contributed by atoms with Crippen LogP contribution in [0.15, 0.2) is 54.7 Å². The number of nitrogens with one attached hydrogen (secondary N) is 3. The van der Waals surface area contributed by atoms with Crippen molar-refractivity contribution in [3.63, 3.8) is 0 Å². The van der Waals surface area contributed by atoms with E-state index in [0.29, 0.717) is 48.9 Å². The van der Waals surface area contributed by atoms with Gasteiger partial charge in [-0.3, -0.25) is 39.2 Å². The molecule has 4 amide bonds. The number of piperidine rings is 1. The number of rotatable bonds is 12. The first-order chi connectivity index (χ1) is 27.9. The third-order valence-corrected chi connectivity index (χ3v) is 11.0. The Labute approximate surface area is 357 Å². The van der Waals surface area contributed by atoms with Crippen molar-refractivity contribution in [2.24, 2.45) is 0 Å². The number of pyridine rings is 1. The van der Waals surface area contributed by atoms with Crippen molar-refractivity contribution in [3.8, 4) is 11.8 Å². The summed E-state index contributed by atoms with van der Waals surface area (Å²) in [7, 11) is 0. The van der Waals surface area contributed by atoms with Crippen molar-refractivity contribution in [1.82, 2.24) is 20.1 Å². The molecule has 60 heavy (non-hydrogen) atoms. The standard InChI is InChI=1S/C41H46F3N9O5S.ClH/c1-24(2)30-18-28(53-39(59)52(38(57)40(53,4)5)29-19-31(41(42,43)44)33(20-45)46-21-29)9-11-34(30)58-16-15-50-13-14-51(25(3)22-50)23-36(55)48-27-8-6-7-26(17-27)47-32-10-12-35(54)49-37(32)56;/h6-9,11,17-19,21,24-25,32,47H,10,12-16,22-23H2,1-5H3,(H,48,55)(H,49,54,56);1H/t25-,32?;/m1./s1. The number of hydrogen-bond acceptors (Lipinski definition) is 11. The molecule has 3 aliphatic heterocycles. The highest BCUT2D eigenvalue weighted by Gasteiger charge is 2.51. The van der Waals surface area contributed by atoms with Crippen molar-refractivity contribution >= 4 is 76.1 Å². The summed E-state index contributed by atoms with van der Waals surface area (Å²) in [5.74, 6) is -0.702. The van der Waals surface area contributed by atoms with E-state index in [1.165, 1.54) is 6.07 Å². The highest BCUT2D eigenvalue weighted by molar-refractivity contribution is 7.81. The second-order valence-corrected chi connectivity index (χ2v) is 16.0. The molecule has 3 N–H and O–H groups in total. The Morgan fingerprint density at radius 3 is 2.50 bits per heavy atom. The number of thiocarbonyl (C=S) groups is 1. The molecule has 2 atom stereocenters. The van der Waals surface area contributed by atoms with Crippen LogP contribution < -0.4 is 30.5 Å². The number of amides is 4. The van der Waals surface area contributed by atoms with Crippen molar-refractivity contribution in [2.75, 3.05) is 59.8 Å². The molecule has 1 unspecified atom stereocenters. The van der Waals surface area contributed by atoms with E-state index in [4.69, 9.17) is 17.0 Å². The maximum Gasteiger partial charge on any atom is 0.419 e. The topological polar surface area (TPSA) is 163 Å². The number of imide groups is 1. The summed E-state index contributed by atoms with van der Waals surface area (Å²) in [4.78, 5) is 61.1. The fourth-order valence-corrected chi connectivity index (χ4v) is 8.01. The molecule has 19 heteroatoms. The smallest absolute Gasteiger partial charge is 0.419 e. The van der Waals surface area contributed by atoms with Gasteiger partial charge in [0.2, 0.25) is 17.7 Å². The zero-order valence-corrected chi connectivity index (χ0v) is 35.4. The summed E-state index contributed by atoms with van der Waals surface area (Å²) >= 11 is 5.71. The van der Waals surface area contributed by atoms with Crippen LogP contribution in [0.3, 0.4) is 0 Å². The third kappa shape index (κ3) is 9.98. The molecule has 0 radical (unpaired) electrons. The largest absolute Gasteiger partial charge is 0.492 e. The monoisotopic (exact) mass is 869 g/mol. The van der Waals surface area contributed by atoms with Crippen LogP contribution in [0.5, 0.6) is 5.75 Å². The van der Waals surface area contributed by atoms with Crippen molar-refractivity contribution < 1.29 is 37.1 Å². The molecule has 0 aliphatic carbocycles. The van der Waals surface area contributed by atoms with Crippen LogP contribution in [0.1, 0.15) is 70.2 Å². The van der Waals surface area contributed by atoms with Gasteiger partial charge in [-0.15, -0.1) is 12.4 Å². The summed E-state index contributed by atoms with van der Waals surface area (Å²) < 4.78 is 47.6. The number of piperazine rings is 1. The number of carbonyl (C=O) groups is 4. The molecule has 4 heterocycles. The zero-order valence-electron chi connectivity index (χ0n) is 33.8. The van der Waals surface area contributed by atoms with Gasteiger partial charge >= 0.3 is 6.18 Å². The molecule has 0 spiro atoms. The Morgan fingerprint density at radius 1 is 1.10 bits per heavy atom. The highest BCUT2D eigenvalue weighted by Crippen LogP contribution is 2.41. The van der Waals surface area contributed by atoms with Gasteiger partial charge < -0.3 is 20.3 Å². The lowest BCUT2D eigenvalue weighted by molar-refractivity contribution is -0.138. The normalized spacial score (nSPS) is 19.8. The molecular formula is C41H47ClF3N9O5S. The third-order valence-electron chi connectivity index (χ3n) is 10.7. The summed E-state index contributed by atoms with van der Waals surface area (Å²) in [5, 5.41) is 17.6. The molecule has 0 saturated carbocycles. The number of ether oxygens (including phenoxy) is 1. The highest BCUT2D eigenvalue weighted by atomic mass is 35.5. The first kappa shape index (κ1) is 45.7. The van der Waals surface area contributed by atoms with Gasteiger partial charge in [-0.25, -0.2) is 4.98 Å². The second kappa shape index (κ2) is 18.5. The van der Waals surface area contributed by atoms with Crippen LogP contribution in [-0.4, -0.2) is 100 Å². The number of aromatic nitrogens is 1. The Morgan fingerprint density at radius 2 is 1.83 bits per heavy atom. The Balaban J connectivity index is 0.00000683. The van der Waals surface area contributed by atoms with Crippen LogP contribution in [0.2, 0.25) is 0 Å². The van der Waals surface area contributed by atoms with E-state index in [9.17, 15) is 37.6 Å². The predicted octanol–water partition coefficient (Wildman–Crippen LogP) is 5.67. The SMILES string of the molecule is CC(C)c1cc(N2C(=S)N(c3cnc(C#N)c(C(F)(F)F)c3)C(=O)C2(C)C)ccc1OCCN1CCN(CC(=O)Nc2cccc(NC3CCC(=O)NC3=O)c2)[C@H](C)C1.Cl. The van der Waals surface area contributed by atoms with Crippen LogP contribution >= 0.6 is 24.6 Å². The average molecular weight is 870 g/mol. The summed E-state index contributed by atoms with van der Waals surface area (Å²) in [6, 6.07) is 14.3. The van der Waals surface area contributed by atoms with Crippen LogP contribution in [0, 0.1) is 11.3 Å². The molecule has 3 fully saturated rings. The molecule has 14 nitrogen and oxygen atoms in total. The number of hydrogen-bond donors (Lipinski definition) is 3. The summed E-state index contributed by atoms with van der Waals surface area (Å²) in [6.45, 7) is 12.7. The van der Waals surface area contributed by atoms with E-state index in [2.05, 4.69) is 37.7 Å². The van der Waals surface area contributed by atoms with Gasteiger partial charge in [0.05, 0.1) is 24.0 Å². The minimum absolute atomic E-state index is 0. The molecule has 1 aromatic heterocycles. The second-order valence-electron chi connectivity index (χ2n) is 15.6. The van der Waals surface area contributed by atoms with Crippen molar-refractivity contribution in [2.45, 2.75) is 77.2 Å². The lowest BCUT2D eigenvalue weighted by atomic mass is 9.98. The number of halogens is 4. The molecular weight excluding hydrogens is 823 g/mol. The van der Waals surface area contributed by atoms with Crippen LogP contribution in [0.4, 0.5) is 35.9 Å². The molecule has 2 aromatic carbocycles. The molecule has 6 rings (SSSR count). The molecule has 0 bridgehead atoms. The van der Waals surface area contributed by atoms with Gasteiger partial charge in [0.15, 0.2) is 10.8 Å². The summed E-state index contributed by atoms with van der Waals surface area (Å²) in [6.07, 6.45) is -3.17. The molecule has 3 saturated heterocycles. The molecule has 320 valence electrons. The minimum Gasteiger partial charge on any atom is -0.492 e. The van der Waals surface area contributed by atoms with E-state index < -0.39 is 34.9 Å². The van der Waals surface area contributed by atoms with E-state index in [0.717, 1.165) is 35.8 Å². The first-order valence-corrected chi connectivity index (χ1v) is 19.7. The number of carbonyl (C=O) groups excluding carboxylic acids is 4. The predicted molar refractivity (Wildman–Crippen MR) is 226 cm³/mol. The fourth-order valence-electron chi connectivity index (χ4n) is 7.49. The average Bonchev–Trinajstić information content (AvgIpc) is 3.35. The van der Waals surface area contributed by atoms with Gasteiger partial charge in [-0.1, -0.05) is 19.9 Å². The lowest BCUT2D eigenvalue weighted by Gasteiger charge is -2.39. The van der Waals surface area contributed by atoms with E-state index in [1.807, 2.05) is 19.9 Å². The number of anilines is 4. The Kier molecular flexibility index (Phi) is 14.1. The van der Waals surface area contributed by atoms with Crippen molar-refractivity contribution in [1.29, 1.82) is 5.26 Å². The molecule has 3 aliphatic rings. The quantitative estimate of drug-likeness (QED) is 0.151. The number of nitrogens with zero attached hydrogens (tertiary/aromatic N) is 6. The number of nitriles is 1. The lowest BCUT2D eigenvalue weighted by Crippen LogP contribution is -2.54. The van der Waals surface area contributed by atoms with Gasteiger partial charge in [-0.05, 0) is 93.4 Å². The zero-order chi connectivity index (χ0) is 42.8. The maximum absolute atomic E-state index is 13.8. The number of benzene rings is 2. The van der Waals surface area contributed by atoms with Gasteiger partial charge in [0.25, 0.3) is 5.91 Å². The Bertz CT molecular complexity index is 2200. The van der Waals surface area contributed by atoms with Gasteiger partial charge in [0, 0.05) is 55.7 Å². The van der Waals surface area contributed by atoms with Crippen LogP contribution in [-0.2, 0) is 25.4 Å². The van der Waals surface area contributed by atoms with E-state index >= 15 is 0 Å². The maximum atomic E-state index is 13.8.